The van der Waals surface area contributed by atoms with E-state index in [1.165, 1.54) is 148 Å². The van der Waals surface area contributed by atoms with Gasteiger partial charge in [-0.05, 0) is 70.6 Å². The number of allylic oxidation sites excluding steroid dienone is 12. The number of carbonyl (C=O) groups excluding carboxylic acids is 3. The SMILES string of the molecule is CC/C=C\C/C=C\C/C=C\C/C=C\C/C=C\C/C=C\CCCCCCCCCCC(=O)OCC(COC(=O)CCCCCCCCCCCC)OC(=O)CCCCCCCCCCCCCCCC. The van der Waals surface area contributed by atoms with Crippen LogP contribution in [0.5, 0.6) is 0 Å². The van der Waals surface area contributed by atoms with Gasteiger partial charge in [0.1, 0.15) is 13.2 Å². The molecule has 0 amide bonds. The van der Waals surface area contributed by atoms with Crippen LogP contribution in [0, 0.1) is 0 Å². The molecule has 0 saturated carbocycles. The number of hydrogen-bond acceptors (Lipinski definition) is 6. The van der Waals surface area contributed by atoms with Crippen LogP contribution < -0.4 is 0 Å². The molecular formula is C63H110O6. The molecule has 69 heavy (non-hydrogen) atoms. The molecule has 0 aromatic rings. The monoisotopic (exact) mass is 963 g/mol. The highest BCUT2D eigenvalue weighted by Gasteiger charge is 2.19. The van der Waals surface area contributed by atoms with Gasteiger partial charge in [-0.3, -0.25) is 14.4 Å². The molecule has 0 fully saturated rings. The van der Waals surface area contributed by atoms with Gasteiger partial charge in [0.2, 0.25) is 0 Å². The number of ether oxygens (including phenoxy) is 3. The lowest BCUT2D eigenvalue weighted by molar-refractivity contribution is -0.167. The molecule has 0 aliphatic carbocycles. The van der Waals surface area contributed by atoms with Crippen molar-refractivity contribution in [2.45, 2.75) is 297 Å². The van der Waals surface area contributed by atoms with Crippen LogP contribution in [0.15, 0.2) is 72.9 Å². The number of hydrogen-bond donors (Lipinski definition) is 0. The molecule has 0 N–H and O–H groups in total. The maximum Gasteiger partial charge on any atom is 0.306 e. The molecule has 6 heteroatoms. The third-order valence-corrected chi connectivity index (χ3v) is 12.7. The molecule has 1 unspecified atom stereocenters. The summed E-state index contributed by atoms with van der Waals surface area (Å²) in [7, 11) is 0. The van der Waals surface area contributed by atoms with Gasteiger partial charge >= 0.3 is 17.9 Å². The van der Waals surface area contributed by atoms with Crippen LogP contribution in [-0.4, -0.2) is 37.2 Å². The molecule has 0 aromatic heterocycles. The average Bonchev–Trinajstić information content (AvgIpc) is 3.35. The Hall–Kier alpha value is -3.15. The Kier molecular flexibility index (Phi) is 54.8. The normalized spacial score (nSPS) is 12.6. The zero-order chi connectivity index (χ0) is 50.0. The second kappa shape index (κ2) is 57.4. The van der Waals surface area contributed by atoms with Crippen LogP contribution in [0.1, 0.15) is 290 Å². The van der Waals surface area contributed by atoms with E-state index >= 15 is 0 Å². The van der Waals surface area contributed by atoms with Crippen molar-refractivity contribution in [2.24, 2.45) is 0 Å². The largest absolute Gasteiger partial charge is 0.462 e. The Morgan fingerprint density at radius 1 is 0.304 bits per heavy atom. The first-order valence-corrected chi connectivity index (χ1v) is 29.4. The third-order valence-electron chi connectivity index (χ3n) is 12.7. The summed E-state index contributed by atoms with van der Waals surface area (Å²) >= 11 is 0. The number of esters is 3. The van der Waals surface area contributed by atoms with Gasteiger partial charge in [-0.15, -0.1) is 0 Å². The van der Waals surface area contributed by atoms with E-state index in [9.17, 15) is 14.4 Å². The van der Waals surface area contributed by atoms with Gasteiger partial charge in [0.15, 0.2) is 6.10 Å². The van der Waals surface area contributed by atoms with Gasteiger partial charge in [0.25, 0.3) is 0 Å². The van der Waals surface area contributed by atoms with E-state index in [0.717, 1.165) is 103 Å². The van der Waals surface area contributed by atoms with Gasteiger partial charge in [-0.2, -0.15) is 0 Å². The first kappa shape index (κ1) is 65.8. The van der Waals surface area contributed by atoms with E-state index in [2.05, 4.69) is 93.7 Å². The van der Waals surface area contributed by atoms with E-state index in [1.54, 1.807) is 0 Å². The predicted octanol–water partition coefficient (Wildman–Crippen LogP) is 19.8. The van der Waals surface area contributed by atoms with Crippen molar-refractivity contribution in [2.75, 3.05) is 13.2 Å². The Balaban J connectivity index is 4.23. The molecular weight excluding hydrogens is 853 g/mol. The number of rotatable bonds is 53. The summed E-state index contributed by atoms with van der Waals surface area (Å²) in [5.41, 5.74) is 0. The molecule has 0 heterocycles. The van der Waals surface area contributed by atoms with Gasteiger partial charge in [0.05, 0.1) is 0 Å². The highest BCUT2D eigenvalue weighted by atomic mass is 16.6. The predicted molar refractivity (Wildman–Crippen MR) is 298 cm³/mol. The fourth-order valence-electron chi connectivity index (χ4n) is 8.33. The maximum absolute atomic E-state index is 12.8. The van der Waals surface area contributed by atoms with Gasteiger partial charge in [-0.25, -0.2) is 0 Å². The van der Waals surface area contributed by atoms with Crippen molar-refractivity contribution >= 4 is 17.9 Å². The van der Waals surface area contributed by atoms with Gasteiger partial charge in [0, 0.05) is 19.3 Å². The highest BCUT2D eigenvalue weighted by molar-refractivity contribution is 5.71. The van der Waals surface area contributed by atoms with Crippen LogP contribution >= 0.6 is 0 Å². The van der Waals surface area contributed by atoms with Gasteiger partial charge < -0.3 is 14.2 Å². The summed E-state index contributed by atoms with van der Waals surface area (Å²) in [4.78, 5) is 38.1. The molecule has 0 aromatic carbocycles. The van der Waals surface area contributed by atoms with Crippen LogP contribution in [0.2, 0.25) is 0 Å². The van der Waals surface area contributed by atoms with Crippen LogP contribution in [0.25, 0.3) is 0 Å². The second-order valence-electron chi connectivity index (χ2n) is 19.5. The van der Waals surface area contributed by atoms with Crippen LogP contribution in [0.3, 0.4) is 0 Å². The molecule has 0 aliphatic rings. The minimum atomic E-state index is -0.774. The van der Waals surface area contributed by atoms with E-state index in [0.29, 0.717) is 19.3 Å². The molecule has 6 nitrogen and oxygen atoms in total. The van der Waals surface area contributed by atoms with E-state index in [4.69, 9.17) is 14.2 Å². The number of unbranched alkanes of at least 4 members (excludes halogenated alkanes) is 30. The Morgan fingerprint density at radius 2 is 0.565 bits per heavy atom. The summed E-state index contributed by atoms with van der Waals surface area (Å²) in [6.45, 7) is 6.53. The fraction of sp³-hybridized carbons (Fsp3) is 0.762. The Labute approximate surface area is 427 Å². The lowest BCUT2D eigenvalue weighted by Crippen LogP contribution is -2.30. The van der Waals surface area contributed by atoms with Crippen molar-refractivity contribution in [3.8, 4) is 0 Å². The minimum absolute atomic E-state index is 0.0737. The first-order valence-electron chi connectivity index (χ1n) is 29.4. The lowest BCUT2D eigenvalue weighted by atomic mass is 10.0. The number of carbonyl (C=O) groups is 3. The van der Waals surface area contributed by atoms with Crippen LogP contribution in [0.4, 0.5) is 0 Å². The van der Waals surface area contributed by atoms with Crippen molar-refractivity contribution in [3.05, 3.63) is 72.9 Å². The van der Waals surface area contributed by atoms with Crippen molar-refractivity contribution < 1.29 is 28.6 Å². The summed E-state index contributed by atoms with van der Waals surface area (Å²) < 4.78 is 16.8. The molecule has 0 rings (SSSR count). The molecule has 0 radical (unpaired) electrons. The third kappa shape index (κ3) is 55.6. The topological polar surface area (TPSA) is 78.9 Å². The molecule has 0 spiro atoms. The molecule has 0 saturated heterocycles. The zero-order valence-corrected chi connectivity index (χ0v) is 45.6. The molecule has 0 bridgehead atoms. The Bertz CT molecular complexity index is 1290. The minimum Gasteiger partial charge on any atom is -0.462 e. The summed E-state index contributed by atoms with van der Waals surface area (Å²) in [5.74, 6) is -0.873. The van der Waals surface area contributed by atoms with Gasteiger partial charge in [-0.1, -0.05) is 273 Å². The lowest BCUT2D eigenvalue weighted by Gasteiger charge is -2.18. The van der Waals surface area contributed by atoms with Crippen molar-refractivity contribution in [1.82, 2.24) is 0 Å². The average molecular weight is 964 g/mol. The quantitative estimate of drug-likeness (QED) is 0.0262. The molecule has 1 atom stereocenters. The van der Waals surface area contributed by atoms with Crippen LogP contribution in [-0.2, 0) is 28.6 Å². The summed E-state index contributed by atoms with van der Waals surface area (Å²) in [6.07, 6.45) is 73.3. The smallest absolute Gasteiger partial charge is 0.306 e. The maximum atomic E-state index is 12.8. The second-order valence-corrected chi connectivity index (χ2v) is 19.5. The zero-order valence-electron chi connectivity index (χ0n) is 45.6. The molecule has 398 valence electrons. The Morgan fingerprint density at radius 3 is 0.884 bits per heavy atom. The standard InChI is InChI=1S/C63H110O6/c1-4-7-10-13-16-19-22-24-26-27-28-29-30-31-32-33-34-35-36-37-38-40-41-44-47-50-53-56-62(65)68-59-60(58-67-61(64)55-52-49-46-43-21-18-15-12-9-6-3)69-63(66)57-54-51-48-45-42-39-25-23-20-17-14-11-8-5-2/h7,10,16,19,24,26,28-29,31-32,34-35,60H,4-6,8-9,11-15,17-18,20-23,25,27,30,33,36-59H2,1-3H3/b10-7-,19-16-,26-24-,29-28-,32-31-,35-34-. The van der Waals surface area contributed by atoms with E-state index in [-0.39, 0.29) is 31.1 Å². The van der Waals surface area contributed by atoms with Crippen molar-refractivity contribution in [3.63, 3.8) is 0 Å². The van der Waals surface area contributed by atoms with Crippen molar-refractivity contribution in [1.29, 1.82) is 0 Å². The summed E-state index contributed by atoms with van der Waals surface area (Å²) in [5, 5.41) is 0. The van der Waals surface area contributed by atoms with E-state index in [1.807, 2.05) is 0 Å². The van der Waals surface area contributed by atoms with E-state index < -0.39 is 6.10 Å². The first-order chi connectivity index (χ1) is 34.0. The molecule has 0 aliphatic heterocycles. The highest BCUT2D eigenvalue weighted by Crippen LogP contribution is 2.16. The fourth-order valence-corrected chi connectivity index (χ4v) is 8.33. The summed E-state index contributed by atoms with van der Waals surface area (Å²) in [6, 6.07) is 0.